The second kappa shape index (κ2) is 5.87. The molecule has 2 aliphatic rings. The van der Waals surface area contributed by atoms with E-state index in [0.29, 0.717) is 5.92 Å². The lowest BCUT2D eigenvalue weighted by molar-refractivity contribution is 0.0917. The maximum absolute atomic E-state index is 9.54. The van der Waals surface area contributed by atoms with Crippen molar-refractivity contribution in [3.05, 3.63) is 0 Å². The van der Waals surface area contributed by atoms with Crippen molar-refractivity contribution >= 4 is 0 Å². The summed E-state index contributed by atoms with van der Waals surface area (Å²) in [7, 11) is 4.30. The van der Waals surface area contributed by atoms with Crippen LogP contribution in [0.5, 0.6) is 0 Å². The molecule has 0 radical (unpaired) electrons. The second-order valence-electron chi connectivity index (χ2n) is 6.65. The molecule has 18 heavy (non-hydrogen) atoms. The van der Waals surface area contributed by atoms with Gasteiger partial charge in [0.15, 0.2) is 0 Å². The average molecular weight is 255 g/mol. The highest BCUT2D eigenvalue weighted by atomic mass is 16.3. The molecular weight excluding hydrogens is 226 g/mol. The van der Waals surface area contributed by atoms with E-state index in [1.54, 1.807) is 0 Å². The van der Waals surface area contributed by atoms with Gasteiger partial charge in [0, 0.05) is 13.1 Å². The monoisotopic (exact) mass is 255 g/mol. The van der Waals surface area contributed by atoms with E-state index in [4.69, 9.17) is 5.73 Å². The van der Waals surface area contributed by atoms with Gasteiger partial charge in [-0.25, -0.2) is 0 Å². The highest BCUT2D eigenvalue weighted by molar-refractivity contribution is 5.00. The van der Waals surface area contributed by atoms with Crippen molar-refractivity contribution in [3.63, 3.8) is 0 Å². The van der Waals surface area contributed by atoms with Crippen LogP contribution in [0.1, 0.15) is 25.7 Å². The van der Waals surface area contributed by atoms with Gasteiger partial charge in [0.05, 0.1) is 12.1 Å². The quantitative estimate of drug-likeness (QED) is 0.719. The number of nitrogens with zero attached hydrogens (tertiary/aromatic N) is 2. The summed E-state index contributed by atoms with van der Waals surface area (Å²) < 4.78 is 0. The fraction of sp³-hybridized carbons (Fsp3) is 1.00. The fourth-order valence-corrected chi connectivity index (χ4v) is 3.23. The molecule has 4 heteroatoms. The first-order valence-corrected chi connectivity index (χ1v) is 7.30. The topological polar surface area (TPSA) is 52.7 Å². The molecule has 4 nitrogen and oxygen atoms in total. The van der Waals surface area contributed by atoms with Gasteiger partial charge in [-0.05, 0) is 64.7 Å². The lowest BCUT2D eigenvalue weighted by Crippen LogP contribution is -2.56. The van der Waals surface area contributed by atoms with Crippen LogP contribution in [0.4, 0.5) is 0 Å². The molecule has 1 atom stereocenters. The molecule has 0 bridgehead atoms. The first-order valence-electron chi connectivity index (χ1n) is 7.30. The number of nitrogens with two attached hydrogens (primary N) is 1. The zero-order chi connectivity index (χ0) is 13.2. The Morgan fingerprint density at radius 1 is 1.22 bits per heavy atom. The van der Waals surface area contributed by atoms with Gasteiger partial charge in [-0.1, -0.05) is 0 Å². The van der Waals surface area contributed by atoms with E-state index in [-0.39, 0.29) is 12.1 Å². The normalized spacial score (nSPS) is 26.5. The van der Waals surface area contributed by atoms with Crippen LogP contribution in [0.3, 0.4) is 0 Å². The minimum absolute atomic E-state index is 0.134. The van der Waals surface area contributed by atoms with Crippen molar-refractivity contribution in [2.24, 2.45) is 17.6 Å². The summed E-state index contributed by atoms with van der Waals surface area (Å²) in [6, 6.07) is 0. The second-order valence-corrected chi connectivity index (χ2v) is 6.65. The van der Waals surface area contributed by atoms with Gasteiger partial charge in [0.25, 0.3) is 0 Å². The summed E-state index contributed by atoms with van der Waals surface area (Å²) in [4.78, 5) is 4.74. The lowest BCUT2D eigenvalue weighted by atomic mass is 9.91. The third-order valence-corrected chi connectivity index (χ3v) is 4.53. The number of likely N-dealkylation sites (tertiary alicyclic amines) is 1. The van der Waals surface area contributed by atoms with Gasteiger partial charge < -0.3 is 20.6 Å². The lowest BCUT2D eigenvalue weighted by Gasteiger charge is -2.38. The number of hydrogen-bond acceptors (Lipinski definition) is 4. The van der Waals surface area contributed by atoms with E-state index < -0.39 is 0 Å². The van der Waals surface area contributed by atoms with Crippen molar-refractivity contribution in [2.45, 2.75) is 31.2 Å². The van der Waals surface area contributed by atoms with E-state index in [1.165, 1.54) is 32.2 Å². The zero-order valence-electron chi connectivity index (χ0n) is 11.9. The van der Waals surface area contributed by atoms with Crippen LogP contribution < -0.4 is 5.73 Å². The molecule has 0 spiro atoms. The predicted octanol–water partition coefficient (Wildman–Crippen LogP) is 0.360. The summed E-state index contributed by atoms with van der Waals surface area (Å²) in [6.07, 6.45) is 4.94. The summed E-state index contributed by atoms with van der Waals surface area (Å²) in [6.45, 7) is 4.50. The molecule has 1 saturated carbocycles. The van der Waals surface area contributed by atoms with E-state index in [9.17, 15) is 5.11 Å². The molecule has 2 rings (SSSR count). The molecule has 2 fully saturated rings. The third kappa shape index (κ3) is 3.67. The van der Waals surface area contributed by atoms with Gasteiger partial charge in [-0.15, -0.1) is 0 Å². The summed E-state index contributed by atoms with van der Waals surface area (Å²) in [5.41, 5.74) is 6.01. The molecule has 1 unspecified atom stereocenters. The highest BCUT2D eigenvalue weighted by Crippen LogP contribution is 2.38. The van der Waals surface area contributed by atoms with Crippen molar-refractivity contribution < 1.29 is 5.11 Å². The predicted molar refractivity (Wildman–Crippen MR) is 74.4 cm³/mol. The van der Waals surface area contributed by atoms with E-state index in [1.807, 2.05) is 0 Å². The van der Waals surface area contributed by atoms with Crippen molar-refractivity contribution in [1.82, 2.24) is 9.80 Å². The summed E-state index contributed by atoms with van der Waals surface area (Å²) >= 11 is 0. The standard InChI is InChI=1S/C14H29N3O/c1-16(2)9-12-5-7-17(8-6-12)10-14(15,11-18)13-3-4-13/h12-13,18H,3-11,15H2,1-2H3. The molecule has 3 N–H and O–H groups in total. The van der Waals surface area contributed by atoms with E-state index in [0.717, 1.165) is 25.6 Å². The summed E-state index contributed by atoms with van der Waals surface area (Å²) in [5.74, 6) is 1.39. The largest absolute Gasteiger partial charge is 0.394 e. The Morgan fingerprint density at radius 3 is 2.28 bits per heavy atom. The zero-order valence-corrected chi connectivity index (χ0v) is 11.9. The molecule has 1 aliphatic heterocycles. The SMILES string of the molecule is CN(C)CC1CCN(CC(N)(CO)C2CC2)CC1. The van der Waals surface area contributed by atoms with Crippen molar-refractivity contribution in [3.8, 4) is 0 Å². The van der Waals surface area contributed by atoms with Crippen molar-refractivity contribution in [1.29, 1.82) is 0 Å². The molecule has 0 aromatic rings. The summed E-state index contributed by atoms with van der Waals surface area (Å²) in [5, 5.41) is 9.54. The molecule has 1 heterocycles. The van der Waals surface area contributed by atoms with Crippen LogP contribution >= 0.6 is 0 Å². The molecule has 0 amide bonds. The van der Waals surface area contributed by atoms with Gasteiger partial charge in [0.2, 0.25) is 0 Å². The Balaban J connectivity index is 1.75. The first kappa shape index (κ1) is 14.3. The Bertz CT molecular complexity index is 260. The van der Waals surface area contributed by atoms with E-state index >= 15 is 0 Å². The molecule has 1 aliphatic carbocycles. The van der Waals surface area contributed by atoms with Crippen LogP contribution in [0.25, 0.3) is 0 Å². The fourth-order valence-electron chi connectivity index (χ4n) is 3.23. The number of hydrogen-bond donors (Lipinski definition) is 2. The molecule has 106 valence electrons. The van der Waals surface area contributed by atoms with Gasteiger partial charge in [-0.3, -0.25) is 0 Å². The number of aliphatic hydroxyl groups is 1. The van der Waals surface area contributed by atoms with Crippen LogP contribution in [0, 0.1) is 11.8 Å². The minimum atomic E-state index is -0.339. The molecule has 1 saturated heterocycles. The minimum Gasteiger partial charge on any atom is -0.394 e. The molecule has 0 aromatic heterocycles. The number of aliphatic hydroxyl groups excluding tert-OH is 1. The average Bonchev–Trinajstić information content (AvgIpc) is 3.15. The first-order chi connectivity index (χ1) is 8.53. The molecular formula is C14H29N3O. The number of rotatable bonds is 6. The third-order valence-electron chi connectivity index (χ3n) is 4.53. The van der Waals surface area contributed by atoms with Crippen molar-refractivity contribution in [2.75, 3.05) is 46.9 Å². The van der Waals surface area contributed by atoms with Crippen LogP contribution in [0.2, 0.25) is 0 Å². The Hall–Kier alpha value is -0.160. The molecule has 0 aromatic carbocycles. The van der Waals surface area contributed by atoms with Crippen LogP contribution in [-0.2, 0) is 0 Å². The maximum Gasteiger partial charge on any atom is 0.0626 e. The highest BCUT2D eigenvalue weighted by Gasteiger charge is 2.43. The Morgan fingerprint density at radius 2 is 1.83 bits per heavy atom. The number of piperidine rings is 1. The van der Waals surface area contributed by atoms with Gasteiger partial charge >= 0.3 is 0 Å². The van der Waals surface area contributed by atoms with E-state index in [2.05, 4.69) is 23.9 Å². The van der Waals surface area contributed by atoms with Gasteiger partial charge in [0.1, 0.15) is 0 Å². The van der Waals surface area contributed by atoms with Crippen LogP contribution in [-0.4, -0.2) is 67.3 Å². The smallest absolute Gasteiger partial charge is 0.0626 e. The maximum atomic E-state index is 9.54. The Labute approximate surface area is 111 Å². The van der Waals surface area contributed by atoms with Gasteiger partial charge in [-0.2, -0.15) is 0 Å². The Kier molecular flexibility index (Phi) is 4.64. The van der Waals surface area contributed by atoms with Crippen LogP contribution in [0.15, 0.2) is 0 Å².